The van der Waals surface area contributed by atoms with Crippen LogP contribution in [0.2, 0.25) is 0 Å². The van der Waals surface area contributed by atoms with Gasteiger partial charge in [-0.1, -0.05) is 102 Å². The molecule has 9 rings (SSSR count). The number of carbonyl (C=O) groups is 7. The minimum atomic E-state index is -0.870. The molecule has 117 heavy (non-hydrogen) atoms. The minimum Gasteiger partial charge on any atom is -0.857 e. The summed E-state index contributed by atoms with van der Waals surface area (Å²) in [5, 5.41) is 19.3. The summed E-state index contributed by atoms with van der Waals surface area (Å²) in [4.78, 5) is 92.3. The maximum atomic E-state index is 13.5. The minimum absolute atomic E-state index is 0. The van der Waals surface area contributed by atoms with Crippen LogP contribution in [0.4, 0.5) is 0 Å². The number of nitrogens with zero attached hydrogens (tertiary/aromatic N) is 3. The number of rotatable bonds is 14. The van der Waals surface area contributed by atoms with Crippen molar-refractivity contribution in [2.75, 3.05) is 28.4 Å². The number of aryl methyl sites for hydroxylation is 6. The van der Waals surface area contributed by atoms with Gasteiger partial charge in [0.2, 0.25) is 0 Å². The third kappa shape index (κ3) is 27.3. The summed E-state index contributed by atoms with van der Waals surface area (Å²) in [5.41, 5.74) is 15.4. The standard InChI is InChI=1S/C29H41BN2O6.C27H35BBr2N2O4.C27H35BN2O5.CH4O.CH3O.Na.H2P2S/c1-18-14-19(2)16-21(15-18)25(34)32(27(3,4)5)31-24(33)20-12-13-23(22(17-20)26(35-10)36-11)30-37-28(6,7)29(8,9)38-30;1-16-12-17(2)14-19(13-16)24(34)32(25(3,4)5)31-23(33)18-10-11-21(20(15-18)22(29)30)28-35-26(6,7)27(8,9)36-28;1-17-12-18(2)14-20(13-17)24(33)30(25(3,4)5)29-23(32)19-10-11-22(21(15-19)16-31)28-34-26(6,7)27(8,9)35-28;2*1-2;;1-2-3/h12-17,26H,1-11H3,(H,31,33);10-15,22H,1-9H3,(H,31,33);10-16H,1-9H3,(H,29,32);2H,1H3;1H3;;1H2/q;;;;-1;+1;/p+1/i/hT. The van der Waals surface area contributed by atoms with Gasteiger partial charge in [-0.05, 0) is 282 Å². The predicted octanol–water partition coefficient (Wildman–Crippen LogP) is 11.0. The number of nitrogens with one attached hydrogen (secondary N) is 3. The zero-order valence-corrected chi connectivity index (χ0v) is 82.4. The van der Waals surface area contributed by atoms with E-state index in [0.29, 0.717) is 56.2 Å². The molecule has 4 N–H and O–H groups in total. The molecule has 3 heterocycles. The van der Waals surface area contributed by atoms with Gasteiger partial charge in [0.25, 0.3) is 35.4 Å². The van der Waals surface area contributed by atoms with Gasteiger partial charge in [0.1, 0.15) is 6.29 Å². The van der Waals surface area contributed by atoms with E-state index in [9.17, 15) is 33.6 Å². The second kappa shape index (κ2) is 43.0. The molecule has 3 saturated heterocycles. The Balaban J connectivity index is 0.000000436. The number of benzene rings is 6. The normalized spacial score (nSPS) is 16.0. The molecule has 0 aliphatic carbocycles. The third-order valence-electron chi connectivity index (χ3n) is 20.3. The molecule has 32 heteroatoms. The Morgan fingerprint density at radius 1 is 0.462 bits per heavy atom. The van der Waals surface area contributed by atoms with E-state index < -0.39 is 96.7 Å². The van der Waals surface area contributed by atoms with Gasteiger partial charge in [-0.25, -0.2) is 15.0 Å². The molecule has 2 unspecified atom stereocenters. The predicted molar refractivity (Wildman–Crippen MR) is 477 cm³/mol. The van der Waals surface area contributed by atoms with E-state index in [1.807, 2.05) is 235 Å². The Labute approximate surface area is 744 Å². The summed E-state index contributed by atoms with van der Waals surface area (Å²) in [5.74, 6) is -2.20. The fraction of sp³-hybridized carbons (Fsp3) is 0.494. The smallest absolute Gasteiger partial charge is 0.857 e. The van der Waals surface area contributed by atoms with Crippen LogP contribution in [0.3, 0.4) is 0 Å². The molecule has 0 aromatic heterocycles. The zero-order chi connectivity index (χ0) is 89.8. The first-order valence-corrected chi connectivity index (χ1v) is 43.1. The molecule has 0 spiro atoms. The Bertz CT molecular complexity index is 4470. The average Bonchev–Trinajstić information content (AvgIpc) is 1.61. The van der Waals surface area contributed by atoms with Crippen molar-refractivity contribution in [3.05, 3.63) is 193 Å². The number of aliphatic hydroxyl groups is 1. The summed E-state index contributed by atoms with van der Waals surface area (Å²) >= 11 is 11.5. The molecule has 6 aromatic rings. The van der Waals surface area contributed by atoms with Crippen LogP contribution >= 0.6 is 47.8 Å². The Morgan fingerprint density at radius 3 is 0.915 bits per heavy atom. The van der Waals surface area contributed by atoms with Gasteiger partial charge in [-0.15, -0.1) is 0 Å². The summed E-state index contributed by atoms with van der Waals surface area (Å²) in [6.07, 6.45) is -0.0771. The molecule has 6 amide bonds. The van der Waals surface area contributed by atoms with E-state index in [-0.39, 0.29) is 62.5 Å². The van der Waals surface area contributed by atoms with Crippen LogP contribution < -0.4 is 67.3 Å². The van der Waals surface area contributed by atoms with E-state index >= 15 is 0 Å². The van der Waals surface area contributed by atoms with E-state index in [1.165, 1.54) is 35.3 Å². The molecule has 2 atom stereocenters. The number of methoxy groups -OCH3 is 2. The van der Waals surface area contributed by atoms with Crippen LogP contribution in [0.25, 0.3) is 0 Å². The van der Waals surface area contributed by atoms with Gasteiger partial charge in [-0.2, -0.15) is 7.11 Å². The Kier molecular flexibility index (Phi) is 38.2. The molecule has 23 nitrogen and oxygen atoms in total. The molecular weight excluding hydrogens is 1690 g/mol. The number of hydrazine groups is 3. The molecular formula is C85H121B3Br2N6NaO17P2S+. The number of halogens is 2. The summed E-state index contributed by atoms with van der Waals surface area (Å²) in [7, 11) is 5.04. The first-order valence-electron chi connectivity index (χ1n) is 38.2. The van der Waals surface area contributed by atoms with Crippen LogP contribution in [-0.2, 0) is 49.2 Å². The van der Waals surface area contributed by atoms with Crippen LogP contribution in [0.5, 0.6) is 0 Å². The quantitative estimate of drug-likeness (QED) is 0.0197. The van der Waals surface area contributed by atoms with E-state index in [0.717, 1.165) is 58.6 Å². The second-order valence-electron chi connectivity index (χ2n) is 34.5. The maximum Gasteiger partial charge on any atom is 1.00 e. The first-order chi connectivity index (χ1) is 53.7. The number of aldehydes is 1. The molecule has 3 aliphatic rings. The van der Waals surface area contributed by atoms with Crippen molar-refractivity contribution in [3.63, 3.8) is 0 Å². The van der Waals surface area contributed by atoms with E-state index in [1.54, 1.807) is 54.6 Å². The van der Waals surface area contributed by atoms with E-state index in [2.05, 4.69) is 68.9 Å². The largest absolute Gasteiger partial charge is 1.00 e. The number of alkyl halides is 2. The second-order valence-corrected chi connectivity index (χ2v) is 40.3. The molecule has 3 aliphatic heterocycles. The summed E-state index contributed by atoms with van der Waals surface area (Å²) in [6.45, 7) is 51.2. The number of amides is 6. The Hall–Kier alpha value is -5.49. The van der Waals surface area contributed by atoms with Crippen molar-refractivity contribution in [2.45, 2.75) is 247 Å². The number of carbonyl (C=O) groups excluding carboxylic acids is 7. The van der Waals surface area contributed by atoms with Gasteiger partial charge in [-0.3, -0.25) is 49.8 Å². The fourth-order valence-electron chi connectivity index (χ4n) is 12.3. The number of hydrogen-bond donors (Lipinski definition) is 4. The monoisotopic (exact) mass is 1810 g/mol. The van der Waals surface area contributed by atoms with Gasteiger partial charge >= 0.3 is 52.2 Å². The van der Waals surface area contributed by atoms with E-state index in [4.69, 9.17) is 48.9 Å². The van der Waals surface area contributed by atoms with Gasteiger partial charge < -0.3 is 47.6 Å². The summed E-state index contributed by atoms with van der Waals surface area (Å²) < 4.78 is 54.4. The van der Waals surface area contributed by atoms with Gasteiger partial charge in [0, 0.05) is 65.8 Å². The van der Waals surface area contributed by atoms with Crippen molar-refractivity contribution in [1.29, 1.82) is 1.28 Å². The molecule has 0 radical (unpaired) electrons. The van der Waals surface area contributed by atoms with Crippen LogP contribution in [0.1, 0.15) is 272 Å². The topological polar surface area (TPSA) is 282 Å². The fourth-order valence-corrected chi connectivity index (χ4v) is 13.1. The van der Waals surface area contributed by atoms with Crippen LogP contribution in [-0.4, -0.2) is 163 Å². The average molecular weight is 1810 g/mol. The maximum absolute atomic E-state index is 13.5. The third-order valence-corrected chi connectivity index (χ3v) is 21.3. The zero-order valence-electron chi connectivity index (χ0n) is 75.4. The Morgan fingerprint density at radius 2 is 0.684 bits per heavy atom. The molecule has 6 aromatic carbocycles. The molecule has 632 valence electrons. The molecule has 0 bridgehead atoms. The van der Waals surface area contributed by atoms with Crippen molar-refractivity contribution in [2.24, 2.45) is 0 Å². The van der Waals surface area contributed by atoms with Crippen molar-refractivity contribution in [3.8, 4) is 0 Å². The van der Waals surface area contributed by atoms with Gasteiger partial charge in [0.15, 0.2) is 25.1 Å². The molecule has 3 fully saturated rings. The molecule has 0 saturated carbocycles. The van der Waals surface area contributed by atoms with Gasteiger partial charge in [0.05, 0.1) is 62.9 Å². The first kappa shape index (κ1) is 104. The van der Waals surface area contributed by atoms with Crippen LogP contribution in [0.15, 0.2) is 109 Å². The summed E-state index contributed by atoms with van der Waals surface area (Å²) in [6, 6.07) is 32.2. The number of ether oxygens (including phenoxy) is 2. The van der Waals surface area contributed by atoms with Crippen LogP contribution in [0, 0.1) is 41.5 Å². The SMILES string of the molecule is CO.COC(OC)c1cc(C(=O)NN(C(=O)c2cc(C)cc(C)c2)C(C)(C)C)ccc1B1OC(C)(C)C(C)(C)O1.C[O-].Cc1cc(C)cc(C(=O)N(NC(=O)c2ccc(B3OC(C)(C)C(C)(C)O3)c(C(Br)Br)c2)C(C)(C)C)c1.Cc1cc(C)cc(C(=O)N(NC(=O)c2ccc(B3OC(C)(C)C(C)(C)O3)c(C=O)c2)C(C)(C)C)c1.[3H][P+](P)=S.[Na+]. The van der Waals surface area contributed by atoms with Crippen molar-refractivity contribution >= 4 is 139 Å². The number of hydrogen-bond acceptors (Lipinski definition) is 18. The van der Waals surface area contributed by atoms with Crippen molar-refractivity contribution < 1.29 is 111 Å². The van der Waals surface area contributed by atoms with Crippen molar-refractivity contribution in [1.82, 2.24) is 31.3 Å². The number of aliphatic hydroxyl groups excluding tert-OH is 1.